The lowest BCUT2D eigenvalue weighted by Crippen LogP contribution is -2.37. The van der Waals surface area contributed by atoms with E-state index in [1.807, 2.05) is 42.5 Å². The van der Waals surface area contributed by atoms with Gasteiger partial charge in [-0.3, -0.25) is 9.59 Å². The van der Waals surface area contributed by atoms with Crippen LogP contribution in [0.1, 0.15) is 28.9 Å². The standard InChI is InChI=1S/C23H23NO4/c1-2-28-23(27)20(15-24-22(26)17-9-4-3-5-10-17)21(25)19-13-12-16-8-6-7-11-18(16)14-19/h3-14,20-21,25H,2,15H2,1H3,(H,24,26)/t20-,21-/m1/s1. The van der Waals surface area contributed by atoms with Crippen molar-refractivity contribution in [1.29, 1.82) is 0 Å². The maximum atomic E-state index is 12.4. The molecule has 3 aromatic rings. The first-order valence-electron chi connectivity index (χ1n) is 9.26. The van der Waals surface area contributed by atoms with E-state index in [2.05, 4.69) is 5.32 Å². The average molecular weight is 377 g/mol. The molecule has 0 spiro atoms. The number of hydrogen-bond donors (Lipinski definition) is 2. The number of benzene rings is 3. The minimum Gasteiger partial charge on any atom is -0.466 e. The molecule has 2 atom stereocenters. The first-order chi connectivity index (χ1) is 13.6. The van der Waals surface area contributed by atoms with Crippen LogP contribution < -0.4 is 5.32 Å². The average Bonchev–Trinajstić information content (AvgIpc) is 2.74. The second-order valence-corrected chi connectivity index (χ2v) is 6.49. The summed E-state index contributed by atoms with van der Waals surface area (Å²) in [4.78, 5) is 24.8. The lowest BCUT2D eigenvalue weighted by Gasteiger charge is -2.22. The summed E-state index contributed by atoms with van der Waals surface area (Å²) in [5.41, 5.74) is 1.09. The van der Waals surface area contributed by atoms with Crippen molar-refractivity contribution < 1.29 is 19.4 Å². The highest BCUT2D eigenvalue weighted by molar-refractivity contribution is 5.94. The second kappa shape index (κ2) is 9.15. The fourth-order valence-corrected chi connectivity index (χ4v) is 3.09. The van der Waals surface area contributed by atoms with Crippen LogP contribution in [0.2, 0.25) is 0 Å². The summed E-state index contributed by atoms with van der Waals surface area (Å²) in [5.74, 6) is -1.76. The Balaban J connectivity index is 1.79. The minimum atomic E-state index is -1.10. The molecule has 0 aliphatic heterocycles. The molecule has 0 heterocycles. The molecule has 0 radical (unpaired) electrons. The van der Waals surface area contributed by atoms with E-state index in [9.17, 15) is 14.7 Å². The van der Waals surface area contributed by atoms with E-state index in [0.29, 0.717) is 11.1 Å². The van der Waals surface area contributed by atoms with Crippen LogP contribution in [0, 0.1) is 5.92 Å². The highest BCUT2D eigenvalue weighted by Crippen LogP contribution is 2.26. The van der Waals surface area contributed by atoms with Gasteiger partial charge in [0.2, 0.25) is 0 Å². The Kier molecular flexibility index (Phi) is 6.40. The molecule has 0 aromatic heterocycles. The van der Waals surface area contributed by atoms with Gasteiger partial charge in [-0.15, -0.1) is 0 Å². The molecule has 0 fully saturated rings. The van der Waals surface area contributed by atoms with Gasteiger partial charge in [-0.25, -0.2) is 0 Å². The first kappa shape index (κ1) is 19.6. The van der Waals surface area contributed by atoms with Crippen LogP contribution in [-0.4, -0.2) is 30.1 Å². The summed E-state index contributed by atoms with van der Waals surface area (Å²) >= 11 is 0. The molecule has 3 aromatic carbocycles. The lowest BCUT2D eigenvalue weighted by molar-refractivity contribution is -0.151. The molecule has 0 aliphatic rings. The van der Waals surface area contributed by atoms with E-state index in [1.165, 1.54) is 0 Å². The quantitative estimate of drug-likeness (QED) is 0.618. The topological polar surface area (TPSA) is 75.6 Å². The Labute approximate surface area is 164 Å². The van der Waals surface area contributed by atoms with Crippen molar-refractivity contribution in [1.82, 2.24) is 5.32 Å². The molecule has 2 N–H and O–H groups in total. The maximum absolute atomic E-state index is 12.4. The molecule has 0 saturated heterocycles. The van der Waals surface area contributed by atoms with Crippen molar-refractivity contribution in [2.45, 2.75) is 13.0 Å². The predicted molar refractivity (Wildman–Crippen MR) is 108 cm³/mol. The minimum absolute atomic E-state index is 0.0272. The van der Waals surface area contributed by atoms with Crippen LogP contribution in [0.25, 0.3) is 10.8 Å². The van der Waals surface area contributed by atoms with Crippen LogP contribution in [0.3, 0.4) is 0 Å². The number of rotatable bonds is 7. The number of ether oxygens (including phenoxy) is 1. The molecule has 28 heavy (non-hydrogen) atoms. The van der Waals surface area contributed by atoms with Crippen molar-refractivity contribution in [3.8, 4) is 0 Å². The number of carbonyl (C=O) groups is 2. The van der Waals surface area contributed by atoms with Gasteiger partial charge < -0.3 is 15.2 Å². The Hall–Kier alpha value is -3.18. The van der Waals surface area contributed by atoms with E-state index in [0.717, 1.165) is 10.8 Å². The number of amides is 1. The SMILES string of the molecule is CCOC(=O)[C@H](CNC(=O)c1ccccc1)[C@H](O)c1ccc2ccccc2c1. The second-order valence-electron chi connectivity index (χ2n) is 6.49. The van der Waals surface area contributed by atoms with Gasteiger partial charge in [-0.2, -0.15) is 0 Å². The third-order valence-electron chi connectivity index (χ3n) is 4.60. The van der Waals surface area contributed by atoms with Crippen molar-refractivity contribution >= 4 is 22.6 Å². The van der Waals surface area contributed by atoms with Gasteiger partial charge >= 0.3 is 5.97 Å². The lowest BCUT2D eigenvalue weighted by atomic mass is 9.93. The summed E-state index contributed by atoms with van der Waals surface area (Å²) in [6.07, 6.45) is -1.10. The highest BCUT2D eigenvalue weighted by Gasteiger charge is 2.30. The molecule has 0 unspecified atom stereocenters. The van der Waals surface area contributed by atoms with Crippen LogP contribution in [0.4, 0.5) is 0 Å². The number of carbonyl (C=O) groups excluding carboxylic acids is 2. The van der Waals surface area contributed by atoms with Gasteiger partial charge in [0.25, 0.3) is 5.91 Å². The predicted octanol–water partition coefficient (Wildman–Crippen LogP) is 3.48. The van der Waals surface area contributed by atoms with Crippen LogP contribution in [0.15, 0.2) is 72.8 Å². The summed E-state index contributed by atoms with van der Waals surface area (Å²) in [7, 11) is 0. The van der Waals surface area contributed by atoms with E-state index >= 15 is 0 Å². The van der Waals surface area contributed by atoms with Crippen LogP contribution in [-0.2, 0) is 9.53 Å². The third kappa shape index (κ3) is 4.56. The maximum Gasteiger partial charge on any atom is 0.313 e. The molecule has 0 bridgehead atoms. The summed E-state index contributed by atoms with van der Waals surface area (Å²) in [6.45, 7) is 1.88. The van der Waals surface area contributed by atoms with Gasteiger partial charge in [0.1, 0.15) is 5.92 Å². The zero-order valence-electron chi connectivity index (χ0n) is 15.7. The number of esters is 1. The number of aliphatic hydroxyl groups is 1. The Morgan fingerprint density at radius 3 is 2.36 bits per heavy atom. The number of nitrogens with one attached hydrogen (secondary N) is 1. The monoisotopic (exact) mass is 377 g/mol. The van der Waals surface area contributed by atoms with Crippen LogP contribution >= 0.6 is 0 Å². The zero-order valence-corrected chi connectivity index (χ0v) is 15.7. The molecule has 5 nitrogen and oxygen atoms in total. The van der Waals surface area contributed by atoms with Crippen molar-refractivity contribution in [3.63, 3.8) is 0 Å². The fraction of sp³-hybridized carbons (Fsp3) is 0.217. The smallest absolute Gasteiger partial charge is 0.313 e. The Bertz CT molecular complexity index is 955. The van der Waals surface area contributed by atoms with Crippen molar-refractivity contribution in [3.05, 3.63) is 83.9 Å². The van der Waals surface area contributed by atoms with Crippen molar-refractivity contribution in [2.75, 3.05) is 13.2 Å². The largest absolute Gasteiger partial charge is 0.466 e. The number of fused-ring (bicyclic) bond motifs is 1. The number of aliphatic hydroxyl groups excluding tert-OH is 1. The van der Waals surface area contributed by atoms with Gasteiger partial charge in [0.05, 0.1) is 12.7 Å². The van der Waals surface area contributed by atoms with Gasteiger partial charge in [0, 0.05) is 12.1 Å². The summed E-state index contributed by atoms with van der Waals surface area (Å²) < 4.78 is 5.12. The highest BCUT2D eigenvalue weighted by atomic mass is 16.5. The molecule has 0 aliphatic carbocycles. The van der Waals surface area contributed by atoms with Gasteiger partial charge in [-0.05, 0) is 41.5 Å². The Morgan fingerprint density at radius 1 is 0.964 bits per heavy atom. The molecule has 1 amide bonds. The van der Waals surface area contributed by atoms with E-state index in [4.69, 9.17) is 4.74 Å². The normalized spacial score (nSPS) is 12.9. The zero-order chi connectivity index (χ0) is 19.9. The molecule has 144 valence electrons. The van der Waals surface area contributed by atoms with E-state index < -0.39 is 18.0 Å². The van der Waals surface area contributed by atoms with Gasteiger partial charge in [0.15, 0.2) is 0 Å². The third-order valence-corrected chi connectivity index (χ3v) is 4.60. The number of hydrogen-bond acceptors (Lipinski definition) is 4. The Morgan fingerprint density at radius 2 is 1.64 bits per heavy atom. The van der Waals surface area contributed by atoms with Crippen molar-refractivity contribution in [2.24, 2.45) is 5.92 Å². The molecular weight excluding hydrogens is 354 g/mol. The van der Waals surface area contributed by atoms with Gasteiger partial charge in [-0.1, -0.05) is 54.6 Å². The molecule has 5 heteroatoms. The van der Waals surface area contributed by atoms with Crippen LogP contribution in [0.5, 0.6) is 0 Å². The molecular formula is C23H23NO4. The van der Waals surface area contributed by atoms with E-state index in [1.54, 1.807) is 37.3 Å². The van der Waals surface area contributed by atoms with E-state index in [-0.39, 0.29) is 19.1 Å². The summed E-state index contributed by atoms with van der Waals surface area (Å²) in [6, 6.07) is 22.1. The molecule has 3 rings (SSSR count). The molecule has 0 saturated carbocycles. The first-order valence-corrected chi connectivity index (χ1v) is 9.26. The summed E-state index contributed by atoms with van der Waals surface area (Å²) in [5, 5.41) is 15.6. The fourth-order valence-electron chi connectivity index (χ4n) is 3.09.